The lowest BCUT2D eigenvalue weighted by atomic mass is 10.1. The number of rotatable bonds is 3. The van der Waals surface area contributed by atoms with Gasteiger partial charge in [0.05, 0.1) is 5.69 Å². The number of aromatic nitrogens is 2. The van der Waals surface area contributed by atoms with E-state index in [1.54, 1.807) is 22.8 Å². The molecule has 0 saturated heterocycles. The molecule has 0 unspecified atom stereocenters. The summed E-state index contributed by atoms with van der Waals surface area (Å²) in [5.41, 5.74) is 2.37. The summed E-state index contributed by atoms with van der Waals surface area (Å²) in [4.78, 5) is 14.2. The highest BCUT2D eigenvalue weighted by molar-refractivity contribution is 6.06. The van der Waals surface area contributed by atoms with E-state index in [2.05, 4.69) is 5.10 Å². The van der Waals surface area contributed by atoms with E-state index in [4.69, 9.17) is 0 Å². The van der Waals surface area contributed by atoms with Crippen LogP contribution >= 0.6 is 0 Å². The van der Waals surface area contributed by atoms with Crippen LogP contribution in [0, 0.1) is 0 Å². The number of anilines is 1. The highest BCUT2D eigenvalue weighted by atomic mass is 16.2. The van der Waals surface area contributed by atoms with Crippen molar-refractivity contribution in [3.63, 3.8) is 0 Å². The molecule has 2 aromatic carbocycles. The SMILES string of the molecule is CN(C(=O)c1cccc(-n2cccn2)c1)c1ccccc1. The molecule has 21 heavy (non-hydrogen) atoms. The minimum absolute atomic E-state index is 0.0461. The van der Waals surface area contributed by atoms with Gasteiger partial charge in [-0.3, -0.25) is 4.79 Å². The fourth-order valence-corrected chi connectivity index (χ4v) is 2.17. The number of amides is 1. The summed E-state index contributed by atoms with van der Waals surface area (Å²) in [5.74, 6) is -0.0461. The van der Waals surface area contributed by atoms with Crippen LogP contribution in [0.3, 0.4) is 0 Å². The molecule has 0 aliphatic carbocycles. The molecule has 104 valence electrons. The molecule has 0 N–H and O–H groups in total. The fraction of sp³-hybridized carbons (Fsp3) is 0.0588. The Bertz CT molecular complexity index is 736. The second-order valence-corrected chi connectivity index (χ2v) is 4.70. The Balaban J connectivity index is 1.90. The van der Waals surface area contributed by atoms with Crippen LogP contribution in [0.2, 0.25) is 0 Å². The van der Waals surface area contributed by atoms with Gasteiger partial charge in [-0.05, 0) is 36.4 Å². The first kappa shape index (κ1) is 13.1. The average molecular weight is 277 g/mol. The Labute approximate surface area is 123 Å². The van der Waals surface area contributed by atoms with Gasteiger partial charge in [-0.25, -0.2) is 4.68 Å². The number of carbonyl (C=O) groups is 1. The molecule has 0 spiro atoms. The average Bonchev–Trinajstić information content (AvgIpc) is 3.09. The van der Waals surface area contributed by atoms with E-state index in [0.29, 0.717) is 5.56 Å². The number of hydrogen-bond acceptors (Lipinski definition) is 2. The Kier molecular flexibility index (Phi) is 3.51. The maximum atomic E-state index is 12.6. The van der Waals surface area contributed by atoms with E-state index in [-0.39, 0.29) is 5.91 Å². The first-order chi connectivity index (χ1) is 10.3. The van der Waals surface area contributed by atoms with Crippen LogP contribution in [0.4, 0.5) is 5.69 Å². The predicted octanol–water partition coefficient (Wildman–Crippen LogP) is 3.15. The summed E-state index contributed by atoms with van der Waals surface area (Å²) >= 11 is 0. The van der Waals surface area contributed by atoms with Crippen LogP contribution in [0.1, 0.15) is 10.4 Å². The van der Waals surface area contributed by atoms with Crippen molar-refractivity contribution < 1.29 is 4.79 Å². The first-order valence-electron chi connectivity index (χ1n) is 6.69. The fourth-order valence-electron chi connectivity index (χ4n) is 2.17. The highest BCUT2D eigenvalue weighted by Crippen LogP contribution is 2.16. The van der Waals surface area contributed by atoms with E-state index < -0.39 is 0 Å². The molecule has 0 bridgehead atoms. The van der Waals surface area contributed by atoms with Gasteiger partial charge in [0.2, 0.25) is 0 Å². The highest BCUT2D eigenvalue weighted by Gasteiger charge is 2.13. The van der Waals surface area contributed by atoms with E-state index >= 15 is 0 Å². The van der Waals surface area contributed by atoms with Gasteiger partial charge in [0.25, 0.3) is 5.91 Å². The van der Waals surface area contributed by atoms with E-state index in [1.165, 1.54) is 0 Å². The Morgan fingerprint density at radius 3 is 2.57 bits per heavy atom. The van der Waals surface area contributed by atoms with E-state index in [1.807, 2.05) is 66.9 Å². The summed E-state index contributed by atoms with van der Waals surface area (Å²) in [6.07, 6.45) is 3.56. The minimum atomic E-state index is -0.0461. The van der Waals surface area contributed by atoms with Gasteiger partial charge in [0.1, 0.15) is 0 Å². The molecule has 0 aliphatic heterocycles. The number of carbonyl (C=O) groups excluding carboxylic acids is 1. The molecule has 4 nitrogen and oxygen atoms in total. The summed E-state index contributed by atoms with van der Waals surface area (Å²) < 4.78 is 1.74. The molecule has 1 amide bonds. The van der Waals surface area contributed by atoms with Crippen molar-refractivity contribution in [2.75, 3.05) is 11.9 Å². The van der Waals surface area contributed by atoms with Crippen LogP contribution in [-0.2, 0) is 0 Å². The Morgan fingerprint density at radius 1 is 1.05 bits per heavy atom. The number of para-hydroxylation sites is 1. The quantitative estimate of drug-likeness (QED) is 0.737. The molecule has 0 saturated carbocycles. The number of nitrogens with zero attached hydrogens (tertiary/aromatic N) is 3. The zero-order valence-electron chi connectivity index (χ0n) is 11.7. The van der Waals surface area contributed by atoms with Crippen LogP contribution in [-0.4, -0.2) is 22.7 Å². The minimum Gasteiger partial charge on any atom is -0.311 e. The molecule has 3 rings (SSSR count). The third kappa shape index (κ3) is 2.69. The van der Waals surface area contributed by atoms with Gasteiger partial charge in [0, 0.05) is 30.7 Å². The third-order valence-electron chi connectivity index (χ3n) is 3.31. The van der Waals surface area contributed by atoms with Gasteiger partial charge >= 0.3 is 0 Å². The maximum Gasteiger partial charge on any atom is 0.258 e. The summed E-state index contributed by atoms with van der Waals surface area (Å²) in [7, 11) is 1.78. The van der Waals surface area contributed by atoms with Gasteiger partial charge in [0.15, 0.2) is 0 Å². The number of hydrogen-bond donors (Lipinski definition) is 0. The molecular weight excluding hydrogens is 262 g/mol. The lowest BCUT2D eigenvalue weighted by molar-refractivity contribution is 0.0993. The van der Waals surface area contributed by atoms with Crippen molar-refractivity contribution in [1.29, 1.82) is 0 Å². The second-order valence-electron chi connectivity index (χ2n) is 4.70. The van der Waals surface area contributed by atoms with Crippen LogP contribution < -0.4 is 4.90 Å². The topological polar surface area (TPSA) is 38.1 Å². The second kappa shape index (κ2) is 5.63. The van der Waals surface area contributed by atoms with Crippen molar-refractivity contribution in [2.24, 2.45) is 0 Å². The normalized spacial score (nSPS) is 10.3. The van der Waals surface area contributed by atoms with Crippen molar-refractivity contribution in [1.82, 2.24) is 9.78 Å². The molecule has 0 atom stereocenters. The van der Waals surface area contributed by atoms with Crippen molar-refractivity contribution in [3.8, 4) is 5.69 Å². The third-order valence-corrected chi connectivity index (χ3v) is 3.31. The summed E-state index contributed by atoms with van der Waals surface area (Å²) in [6, 6.07) is 18.9. The standard InChI is InChI=1S/C17H15N3O/c1-19(15-8-3-2-4-9-15)17(21)14-7-5-10-16(13-14)20-12-6-11-18-20/h2-13H,1H3. The smallest absolute Gasteiger partial charge is 0.258 e. The lowest BCUT2D eigenvalue weighted by Crippen LogP contribution is -2.26. The van der Waals surface area contributed by atoms with E-state index in [0.717, 1.165) is 11.4 Å². The van der Waals surface area contributed by atoms with Gasteiger partial charge in [-0.1, -0.05) is 24.3 Å². The Hall–Kier alpha value is -2.88. The molecular formula is C17H15N3O. The monoisotopic (exact) mass is 277 g/mol. The Morgan fingerprint density at radius 2 is 1.86 bits per heavy atom. The molecule has 3 aromatic rings. The van der Waals surface area contributed by atoms with Gasteiger partial charge < -0.3 is 4.90 Å². The van der Waals surface area contributed by atoms with Gasteiger partial charge in [-0.15, -0.1) is 0 Å². The molecule has 1 heterocycles. The maximum absolute atomic E-state index is 12.6. The number of benzene rings is 2. The van der Waals surface area contributed by atoms with Crippen LogP contribution in [0.5, 0.6) is 0 Å². The molecule has 1 aromatic heterocycles. The zero-order valence-corrected chi connectivity index (χ0v) is 11.7. The molecule has 0 fully saturated rings. The van der Waals surface area contributed by atoms with Gasteiger partial charge in [-0.2, -0.15) is 5.10 Å². The van der Waals surface area contributed by atoms with Crippen LogP contribution in [0.15, 0.2) is 73.1 Å². The zero-order chi connectivity index (χ0) is 14.7. The lowest BCUT2D eigenvalue weighted by Gasteiger charge is -2.17. The van der Waals surface area contributed by atoms with Crippen molar-refractivity contribution in [2.45, 2.75) is 0 Å². The van der Waals surface area contributed by atoms with Crippen LogP contribution in [0.25, 0.3) is 5.69 Å². The van der Waals surface area contributed by atoms with Crippen molar-refractivity contribution in [3.05, 3.63) is 78.6 Å². The van der Waals surface area contributed by atoms with Crippen molar-refractivity contribution >= 4 is 11.6 Å². The summed E-state index contributed by atoms with van der Waals surface area (Å²) in [5, 5.41) is 4.18. The first-order valence-corrected chi connectivity index (χ1v) is 6.69. The largest absolute Gasteiger partial charge is 0.311 e. The van der Waals surface area contributed by atoms with E-state index in [9.17, 15) is 4.79 Å². The molecule has 4 heteroatoms. The molecule has 0 radical (unpaired) electrons. The summed E-state index contributed by atoms with van der Waals surface area (Å²) in [6.45, 7) is 0. The predicted molar refractivity (Wildman–Crippen MR) is 82.7 cm³/mol. The molecule has 0 aliphatic rings.